The SMILES string of the molecule is CNC(=O)CCSC1CC2CCC1(C)C2(C)C. The number of carbonyl (C=O) groups excluding carboxylic acids is 1. The number of amides is 1. The van der Waals surface area contributed by atoms with E-state index in [2.05, 4.69) is 26.1 Å². The van der Waals surface area contributed by atoms with Crippen molar-refractivity contribution in [2.24, 2.45) is 16.7 Å². The highest BCUT2D eigenvalue weighted by Gasteiger charge is 2.61. The van der Waals surface area contributed by atoms with Crippen LogP contribution in [0.5, 0.6) is 0 Å². The van der Waals surface area contributed by atoms with Crippen LogP contribution in [0.3, 0.4) is 0 Å². The molecule has 2 aliphatic rings. The molecule has 0 aromatic heterocycles. The molecule has 1 amide bonds. The van der Waals surface area contributed by atoms with E-state index in [1.54, 1.807) is 7.05 Å². The number of thioether (sulfide) groups is 1. The number of rotatable bonds is 4. The summed E-state index contributed by atoms with van der Waals surface area (Å²) in [6.07, 6.45) is 4.82. The summed E-state index contributed by atoms with van der Waals surface area (Å²) in [4.78, 5) is 11.2. The van der Waals surface area contributed by atoms with E-state index in [1.807, 2.05) is 11.8 Å². The van der Waals surface area contributed by atoms with Gasteiger partial charge in [0.1, 0.15) is 0 Å². The second-order valence-electron chi connectivity index (χ2n) is 6.39. The summed E-state index contributed by atoms with van der Waals surface area (Å²) < 4.78 is 0. The van der Waals surface area contributed by atoms with Crippen LogP contribution in [0.1, 0.15) is 46.5 Å². The molecule has 2 saturated carbocycles. The number of hydrogen-bond acceptors (Lipinski definition) is 2. The van der Waals surface area contributed by atoms with Crippen molar-refractivity contribution in [2.45, 2.75) is 51.7 Å². The highest BCUT2D eigenvalue weighted by molar-refractivity contribution is 7.99. The van der Waals surface area contributed by atoms with E-state index in [9.17, 15) is 4.79 Å². The average Bonchev–Trinajstić information content (AvgIpc) is 2.61. The lowest BCUT2D eigenvalue weighted by molar-refractivity contribution is -0.120. The molecule has 2 nitrogen and oxygen atoms in total. The Morgan fingerprint density at radius 2 is 2.12 bits per heavy atom. The van der Waals surface area contributed by atoms with Gasteiger partial charge >= 0.3 is 0 Å². The molecule has 2 rings (SSSR count). The molecule has 98 valence electrons. The standard InChI is InChI=1S/C14H25NOS/c1-13(2)10-5-7-14(13,3)11(9-10)17-8-6-12(16)15-4/h10-11H,5-9H2,1-4H3,(H,15,16). The third kappa shape index (κ3) is 2.00. The second kappa shape index (κ2) is 4.49. The summed E-state index contributed by atoms with van der Waals surface area (Å²) in [6.45, 7) is 7.37. The summed E-state index contributed by atoms with van der Waals surface area (Å²) in [5, 5.41) is 3.46. The zero-order valence-corrected chi connectivity index (χ0v) is 12.3. The number of nitrogens with one attached hydrogen (secondary N) is 1. The van der Waals surface area contributed by atoms with Gasteiger partial charge in [0.25, 0.3) is 0 Å². The number of fused-ring (bicyclic) bond motifs is 2. The maximum absolute atomic E-state index is 11.2. The molecule has 2 aliphatic carbocycles. The van der Waals surface area contributed by atoms with Gasteiger partial charge in [-0.25, -0.2) is 0 Å². The van der Waals surface area contributed by atoms with Crippen LogP contribution >= 0.6 is 11.8 Å². The minimum atomic E-state index is 0.171. The fourth-order valence-electron chi connectivity index (χ4n) is 3.80. The van der Waals surface area contributed by atoms with Crippen LogP contribution in [-0.2, 0) is 4.79 Å². The van der Waals surface area contributed by atoms with Gasteiger partial charge in [-0.2, -0.15) is 11.8 Å². The van der Waals surface area contributed by atoms with Gasteiger partial charge in [-0.05, 0) is 36.0 Å². The zero-order valence-electron chi connectivity index (χ0n) is 11.5. The first-order valence-electron chi connectivity index (χ1n) is 6.74. The van der Waals surface area contributed by atoms with Crippen LogP contribution in [0.15, 0.2) is 0 Å². The van der Waals surface area contributed by atoms with E-state index in [4.69, 9.17) is 0 Å². The predicted octanol–water partition coefficient (Wildman–Crippen LogP) is 3.07. The van der Waals surface area contributed by atoms with Crippen LogP contribution in [-0.4, -0.2) is 24.0 Å². The Morgan fingerprint density at radius 1 is 1.41 bits per heavy atom. The summed E-state index contributed by atoms with van der Waals surface area (Å²) in [5.41, 5.74) is 0.989. The minimum Gasteiger partial charge on any atom is -0.359 e. The molecule has 0 aromatic carbocycles. The predicted molar refractivity (Wildman–Crippen MR) is 74.2 cm³/mol. The largest absolute Gasteiger partial charge is 0.359 e. The van der Waals surface area contributed by atoms with Crippen molar-refractivity contribution in [1.82, 2.24) is 5.32 Å². The molecule has 0 heterocycles. The summed E-state index contributed by atoms with van der Waals surface area (Å²) in [7, 11) is 1.72. The topological polar surface area (TPSA) is 29.1 Å². The van der Waals surface area contributed by atoms with Gasteiger partial charge < -0.3 is 5.32 Å². The Bertz CT molecular complexity index is 315. The molecule has 0 aliphatic heterocycles. The van der Waals surface area contributed by atoms with Crippen LogP contribution in [0, 0.1) is 16.7 Å². The zero-order chi connectivity index (χ0) is 12.7. The molecule has 0 saturated heterocycles. The van der Waals surface area contributed by atoms with Crippen molar-refractivity contribution in [3.05, 3.63) is 0 Å². The van der Waals surface area contributed by atoms with Gasteiger partial charge in [0.2, 0.25) is 5.91 Å². The van der Waals surface area contributed by atoms with E-state index in [0.29, 0.717) is 17.3 Å². The van der Waals surface area contributed by atoms with Gasteiger partial charge in [0.05, 0.1) is 0 Å². The first-order valence-corrected chi connectivity index (χ1v) is 7.79. The van der Waals surface area contributed by atoms with E-state index < -0.39 is 0 Å². The van der Waals surface area contributed by atoms with Crippen molar-refractivity contribution in [3.63, 3.8) is 0 Å². The molecule has 0 spiro atoms. The second-order valence-corrected chi connectivity index (χ2v) is 7.70. The lowest BCUT2D eigenvalue weighted by atomic mass is 9.71. The molecule has 2 fully saturated rings. The monoisotopic (exact) mass is 255 g/mol. The van der Waals surface area contributed by atoms with Crippen molar-refractivity contribution < 1.29 is 4.79 Å². The van der Waals surface area contributed by atoms with Crippen LogP contribution in [0.2, 0.25) is 0 Å². The van der Waals surface area contributed by atoms with E-state index in [-0.39, 0.29) is 5.91 Å². The van der Waals surface area contributed by atoms with E-state index in [0.717, 1.165) is 16.9 Å². The van der Waals surface area contributed by atoms with Gasteiger partial charge in [-0.1, -0.05) is 20.8 Å². The molecule has 3 unspecified atom stereocenters. The molecule has 3 heteroatoms. The lowest BCUT2D eigenvalue weighted by Crippen LogP contribution is -2.34. The average molecular weight is 255 g/mol. The molecule has 0 aromatic rings. The molecule has 2 bridgehead atoms. The highest BCUT2D eigenvalue weighted by atomic mass is 32.2. The number of hydrogen-bond donors (Lipinski definition) is 1. The quantitative estimate of drug-likeness (QED) is 0.836. The van der Waals surface area contributed by atoms with Gasteiger partial charge in [-0.3, -0.25) is 4.79 Å². The Morgan fingerprint density at radius 3 is 2.59 bits per heavy atom. The van der Waals surface area contributed by atoms with Gasteiger partial charge in [-0.15, -0.1) is 0 Å². The maximum Gasteiger partial charge on any atom is 0.220 e. The molecule has 3 atom stereocenters. The Hall–Kier alpha value is -0.180. The van der Waals surface area contributed by atoms with Crippen molar-refractivity contribution in [2.75, 3.05) is 12.8 Å². The third-order valence-corrected chi connectivity index (χ3v) is 7.20. The highest BCUT2D eigenvalue weighted by Crippen LogP contribution is 2.68. The first-order chi connectivity index (χ1) is 7.91. The summed E-state index contributed by atoms with van der Waals surface area (Å²) in [5.74, 6) is 2.05. The lowest BCUT2D eigenvalue weighted by Gasteiger charge is -2.39. The van der Waals surface area contributed by atoms with Crippen LogP contribution in [0.25, 0.3) is 0 Å². The summed E-state index contributed by atoms with van der Waals surface area (Å²) >= 11 is 2.03. The number of carbonyl (C=O) groups is 1. The minimum absolute atomic E-state index is 0.171. The fourth-order valence-corrected chi connectivity index (χ4v) is 5.55. The first kappa shape index (κ1) is 13.3. The van der Waals surface area contributed by atoms with E-state index >= 15 is 0 Å². The van der Waals surface area contributed by atoms with E-state index in [1.165, 1.54) is 19.3 Å². The van der Waals surface area contributed by atoms with Crippen molar-refractivity contribution in [1.29, 1.82) is 0 Å². The normalized spacial score (nSPS) is 38.4. The smallest absolute Gasteiger partial charge is 0.220 e. The van der Waals surface area contributed by atoms with Crippen molar-refractivity contribution >= 4 is 17.7 Å². The Labute approximate surface area is 109 Å². The molecular weight excluding hydrogens is 230 g/mol. The van der Waals surface area contributed by atoms with Crippen LogP contribution in [0.4, 0.5) is 0 Å². The Kier molecular flexibility index (Phi) is 3.50. The summed E-state index contributed by atoms with van der Waals surface area (Å²) in [6, 6.07) is 0. The fraction of sp³-hybridized carbons (Fsp3) is 0.929. The van der Waals surface area contributed by atoms with Crippen molar-refractivity contribution in [3.8, 4) is 0 Å². The van der Waals surface area contributed by atoms with Crippen LogP contribution < -0.4 is 5.32 Å². The van der Waals surface area contributed by atoms with Gasteiger partial charge in [0.15, 0.2) is 0 Å². The molecular formula is C14H25NOS. The molecule has 0 radical (unpaired) electrons. The maximum atomic E-state index is 11.2. The molecule has 17 heavy (non-hydrogen) atoms. The third-order valence-electron chi connectivity index (χ3n) is 5.64. The Balaban J connectivity index is 1.90. The van der Waals surface area contributed by atoms with Gasteiger partial charge in [0, 0.05) is 24.5 Å². The molecule has 1 N–H and O–H groups in total.